The van der Waals surface area contributed by atoms with Gasteiger partial charge < -0.3 is 10.1 Å². The van der Waals surface area contributed by atoms with Gasteiger partial charge in [0.25, 0.3) is 0 Å². The van der Waals surface area contributed by atoms with Crippen molar-refractivity contribution in [1.82, 2.24) is 5.32 Å². The Bertz CT molecular complexity index is 357. The van der Waals surface area contributed by atoms with Gasteiger partial charge in [-0.3, -0.25) is 0 Å². The fourth-order valence-electron chi connectivity index (χ4n) is 1.51. The average Bonchev–Trinajstić information content (AvgIpc) is 2.32. The highest BCUT2D eigenvalue weighted by molar-refractivity contribution is 9.10. The molecule has 1 rings (SSSR count). The largest absolute Gasteiger partial charge is 0.377 e. The average molecular weight is 318 g/mol. The summed E-state index contributed by atoms with van der Waals surface area (Å²) in [7, 11) is 3.74. The summed E-state index contributed by atoms with van der Waals surface area (Å²) < 4.78 is 6.67. The van der Waals surface area contributed by atoms with E-state index in [1.165, 1.54) is 4.90 Å². The van der Waals surface area contributed by atoms with Crippen molar-refractivity contribution in [2.45, 2.75) is 30.4 Å². The van der Waals surface area contributed by atoms with Crippen molar-refractivity contribution in [1.29, 1.82) is 0 Å². The van der Waals surface area contributed by atoms with Crippen molar-refractivity contribution < 1.29 is 4.74 Å². The Morgan fingerprint density at radius 3 is 2.59 bits per heavy atom. The van der Waals surface area contributed by atoms with Crippen LogP contribution in [0.2, 0.25) is 0 Å². The van der Waals surface area contributed by atoms with E-state index in [0.717, 1.165) is 10.2 Å². The van der Waals surface area contributed by atoms with Crippen LogP contribution in [0.1, 0.15) is 13.8 Å². The number of benzene rings is 1. The SMILES string of the molecule is CNC(CSc1ccccc1Br)C(C)(C)OC. The molecule has 0 fully saturated rings. The van der Waals surface area contributed by atoms with Crippen molar-refractivity contribution in [3.05, 3.63) is 28.7 Å². The van der Waals surface area contributed by atoms with Crippen molar-refractivity contribution in [2.75, 3.05) is 19.9 Å². The number of hydrogen-bond donors (Lipinski definition) is 1. The summed E-state index contributed by atoms with van der Waals surface area (Å²) in [6.45, 7) is 4.21. The molecule has 1 atom stereocenters. The van der Waals surface area contributed by atoms with Gasteiger partial charge in [0, 0.05) is 28.3 Å². The van der Waals surface area contributed by atoms with Crippen LogP contribution in [-0.4, -0.2) is 31.6 Å². The normalized spacial score (nSPS) is 13.7. The number of thioether (sulfide) groups is 1. The minimum absolute atomic E-state index is 0.164. The van der Waals surface area contributed by atoms with Crippen molar-refractivity contribution in [2.24, 2.45) is 0 Å². The lowest BCUT2D eigenvalue weighted by Crippen LogP contribution is -2.48. The van der Waals surface area contributed by atoms with Crippen LogP contribution in [-0.2, 0) is 4.74 Å². The quantitative estimate of drug-likeness (QED) is 0.811. The summed E-state index contributed by atoms with van der Waals surface area (Å²) in [5.41, 5.74) is -0.164. The monoisotopic (exact) mass is 317 g/mol. The standard InChI is InChI=1S/C13H20BrNOS/c1-13(2,16-4)12(15-3)9-17-11-8-6-5-7-10(11)14/h5-8,12,15H,9H2,1-4H3. The maximum Gasteiger partial charge on any atom is 0.0783 e. The van der Waals surface area contributed by atoms with E-state index in [1.54, 1.807) is 7.11 Å². The predicted molar refractivity (Wildman–Crippen MR) is 78.8 cm³/mol. The molecule has 0 saturated carbocycles. The number of methoxy groups -OCH3 is 1. The van der Waals surface area contributed by atoms with Gasteiger partial charge in [-0.1, -0.05) is 12.1 Å². The van der Waals surface area contributed by atoms with E-state index in [-0.39, 0.29) is 5.60 Å². The van der Waals surface area contributed by atoms with E-state index in [2.05, 4.69) is 53.3 Å². The minimum atomic E-state index is -0.164. The molecule has 4 heteroatoms. The van der Waals surface area contributed by atoms with Crippen LogP contribution >= 0.6 is 27.7 Å². The molecule has 0 heterocycles. The molecule has 1 N–H and O–H groups in total. The molecule has 1 aromatic rings. The Morgan fingerprint density at radius 2 is 2.06 bits per heavy atom. The van der Waals surface area contributed by atoms with E-state index in [9.17, 15) is 0 Å². The van der Waals surface area contributed by atoms with E-state index in [4.69, 9.17) is 4.74 Å². The summed E-state index contributed by atoms with van der Waals surface area (Å²) in [4.78, 5) is 1.26. The van der Waals surface area contributed by atoms with Crippen LogP contribution in [0.3, 0.4) is 0 Å². The summed E-state index contributed by atoms with van der Waals surface area (Å²) in [5, 5.41) is 3.32. The van der Waals surface area contributed by atoms with Gasteiger partial charge in [-0.25, -0.2) is 0 Å². The third-order valence-corrected chi connectivity index (χ3v) is 5.08. The molecule has 17 heavy (non-hydrogen) atoms. The second-order valence-corrected chi connectivity index (χ2v) is 6.31. The number of likely N-dealkylation sites (N-methyl/N-ethyl adjacent to an activating group) is 1. The summed E-state index contributed by atoms with van der Waals surface area (Å²) in [5.74, 6) is 0.972. The Morgan fingerprint density at radius 1 is 1.41 bits per heavy atom. The van der Waals surface area contributed by atoms with E-state index in [1.807, 2.05) is 24.9 Å². The van der Waals surface area contributed by atoms with Crippen LogP contribution in [0, 0.1) is 0 Å². The minimum Gasteiger partial charge on any atom is -0.377 e. The molecule has 0 bridgehead atoms. The number of ether oxygens (including phenoxy) is 1. The molecular formula is C13H20BrNOS. The highest BCUT2D eigenvalue weighted by Gasteiger charge is 2.27. The Kier molecular flexibility index (Phi) is 6.00. The molecule has 0 aliphatic heterocycles. The van der Waals surface area contributed by atoms with Gasteiger partial charge in [-0.05, 0) is 49.0 Å². The summed E-state index contributed by atoms with van der Waals surface area (Å²) in [6.07, 6.45) is 0. The zero-order chi connectivity index (χ0) is 12.9. The van der Waals surface area contributed by atoms with E-state index in [0.29, 0.717) is 6.04 Å². The molecular weight excluding hydrogens is 298 g/mol. The number of nitrogens with one attached hydrogen (secondary N) is 1. The first kappa shape index (κ1) is 15.0. The molecule has 0 amide bonds. The molecule has 1 unspecified atom stereocenters. The number of halogens is 1. The van der Waals surface area contributed by atoms with E-state index >= 15 is 0 Å². The molecule has 0 aromatic heterocycles. The smallest absolute Gasteiger partial charge is 0.0783 e. The lowest BCUT2D eigenvalue weighted by Gasteiger charge is -2.32. The van der Waals surface area contributed by atoms with Gasteiger partial charge in [0.05, 0.1) is 5.60 Å². The molecule has 0 aliphatic carbocycles. The fourth-order valence-corrected chi connectivity index (χ4v) is 3.43. The highest BCUT2D eigenvalue weighted by atomic mass is 79.9. The van der Waals surface area contributed by atoms with Gasteiger partial charge in [0.15, 0.2) is 0 Å². The van der Waals surface area contributed by atoms with Crippen LogP contribution in [0.5, 0.6) is 0 Å². The first-order valence-corrected chi connectivity index (χ1v) is 7.39. The highest BCUT2D eigenvalue weighted by Crippen LogP contribution is 2.29. The van der Waals surface area contributed by atoms with Gasteiger partial charge in [-0.2, -0.15) is 0 Å². The molecule has 0 aliphatic rings. The molecule has 2 nitrogen and oxygen atoms in total. The molecule has 0 saturated heterocycles. The van der Waals surface area contributed by atoms with Gasteiger partial charge in [0.1, 0.15) is 0 Å². The second-order valence-electron chi connectivity index (χ2n) is 4.39. The topological polar surface area (TPSA) is 21.3 Å². The van der Waals surface area contributed by atoms with Crippen molar-refractivity contribution in [3.63, 3.8) is 0 Å². The third-order valence-electron chi connectivity index (χ3n) is 2.96. The Hall–Kier alpha value is -0.0300. The molecule has 1 aromatic carbocycles. The maximum atomic E-state index is 5.52. The fraction of sp³-hybridized carbons (Fsp3) is 0.538. The summed E-state index contributed by atoms with van der Waals surface area (Å²) >= 11 is 5.40. The lowest BCUT2D eigenvalue weighted by atomic mass is 10.0. The van der Waals surface area contributed by atoms with E-state index < -0.39 is 0 Å². The van der Waals surface area contributed by atoms with Gasteiger partial charge in [0.2, 0.25) is 0 Å². The first-order valence-electron chi connectivity index (χ1n) is 5.61. The molecule has 96 valence electrons. The van der Waals surface area contributed by atoms with Gasteiger partial charge in [-0.15, -0.1) is 11.8 Å². The van der Waals surface area contributed by atoms with Gasteiger partial charge >= 0.3 is 0 Å². The maximum absolute atomic E-state index is 5.52. The second kappa shape index (κ2) is 6.78. The molecule has 0 spiro atoms. The number of hydrogen-bond acceptors (Lipinski definition) is 3. The Labute approximate surface area is 117 Å². The van der Waals surface area contributed by atoms with Crippen molar-refractivity contribution in [3.8, 4) is 0 Å². The summed E-state index contributed by atoms with van der Waals surface area (Å²) in [6, 6.07) is 8.59. The molecule has 0 radical (unpaired) electrons. The van der Waals surface area contributed by atoms with Crippen LogP contribution in [0.25, 0.3) is 0 Å². The Balaban J connectivity index is 2.63. The zero-order valence-corrected chi connectivity index (χ0v) is 13.2. The van der Waals surface area contributed by atoms with Crippen molar-refractivity contribution >= 4 is 27.7 Å². The third kappa shape index (κ3) is 4.28. The predicted octanol–water partition coefficient (Wildman–Crippen LogP) is 3.55. The first-order chi connectivity index (χ1) is 8.01. The lowest BCUT2D eigenvalue weighted by molar-refractivity contribution is -0.00155. The van der Waals surface area contributed by atoms with Crippen LogP contribution < -0.4 is 5.32 Å². The van der Waals surface area contributed by atoms with Crippen LogP contribution in [0.4, 0.5) is 0 Å². The zero-order valence-electron chi connectivity index (χ0n) is 10.8. The number of rotatable bonds is 6. The van der Waals surface area contributed by atoms with Crippen LogP contribution in [0.15, 0.2) is 33.6 Å².